The molecule has 1 atom stereocenters. The molecule has 7 heteroatoms. The lowest BCUT2D eigenvalue weighted by Gasteiger charge is -2.35. The van der Waals surface area contributed by atoms with Gasteiger partial charge in [0.1, 0.15) is 6.04 Å². The highest BCUT2D eigenvalue weighted by molar-refractivity contribution is 8.13. The van der Waals surface area contributed by atoms with Crippen LogP contribution in [0, 0.1) is 11.5 Å². The Morgan fingerprint density at radius 3 is 3.00 bits per heavy atom. The van der Waals surface area contributed by atoms with Crippen molar-refractivity contribution in [1.29, 1.82) is 5.26 Å². The molecule has 6 nitrogen and oxygen atoms in total. The molecule has 1 aliphatic carbocycles. The van der Waals surface area contributed by atoms with Crippen LogP contribution in [0.25, 0.3) is 0 Å². The molecular weight excluding hydrogens is 252 g/mol. The van der Waals surface area contributed by atoms with Gasteiger partial charge in [-0.25, -0.2) is 0 Å². The van der Waals surface area contributed by atoms with E-state index in [-0.39, 0.29) is 11.9 Å². The van der Waals surface area contributed by atoms with Crippen molar-refractivity contribution in [3.8, 4) is 6.19 Å². The second kappa shape index (κ2) is 6.07. The van der Waals surface area contributed by atoms with Crippen molar-refractivity contribution in [2.24, 2.45) is 4.99 Å². The van der Waals surface area contributed by atoms with Gasteiger partial charge in [0.25, 0.3) is 0 Å². The number of hydrogen-bond acceptors (Lipinski definition) is 5. The molecule has 1 saturated carbocycles. The Labute approximate surface area is 110 Å². The zero-order valence-corrected chi connectivity index (χ0v) is 11.1. The molecule has 2 aliphatic rings. The first-order valence-electron chi connectivity index (χ1n) is 5.91. The monoisotopic (exact) mass is 268 g/mol. The number of carbonyl (C=O) groups is 1. The lowest BCUT2D eigenvalue weighted by Crippen LogP contribution is -2.55. The van der Waals surface area contributed by atoms with Crippen LogP contribution in [0.4, 0.5) is 0 Å². The van der Waals surface area contributed by atoms with Crippen molar-refractivity contribution >= 4 is 22.8 Å². The van der Waals surface area contributed by atoms with E-state index in [9.17, 15) is 4.79 Å². The summed E-state index contributed by atoms with van der Waals surface area (Å²) in [6.45, 7) is 1.49. The standard InChI is InChI=1S/C11H16N4O2S/c1-18-11(13-7-12)15-4-5-17-6-9(15)10(16)14-8-2-3-8/h8-9H,2-6H2,1H3,(H,14,16). The normalized spacial score (nSPS) is 24.6. The maximum atomic E-state index is 12.1. The average molecular weight is 268 g/mol. The van der Waals surface area contributed by atoms with E-state index in [2.05, 4.69) is 10.3 Å². The molecule has 1 aliphatic heterocycles. The Morgan fingerprint density at radius 1 is 1.61 bits per heavy atom. The lowest BCUT2D eigenvalue weighted by atomic mass is 10.2. The van der Waals surface area contributed by atoms with E-state index in [0.717, 1.165) is 12.8 Å². The summed E-state index contributed by atoms with van der Waals surface area (Å²) in [6.07, 6.45) is 5.74. The fourth-order valence-corrected chi connectivity index (χ4v) is 2.43. The molecule has 0 radical (unpaired) electrons. The van der Waals surface area contributed by atoms with Gasteiger partial charge in [0, 0.05) is 12.6 Å². The highest BCUT2D eigenvalue weighted by Crippen LogP contribution is 2.20. The molecule has 1 amide bonds. The summed E-state index contributed by atoms with van der Waals surface area (Å²) >= 11 is 1.37. The number of hydrogen-bond donors (Lipinski definition) is 1. The number of rotatable bonds is 2. The number of ether oxygens (including phenoxy) is 1. The van der Waals surface area contributed by atoms with E-state index in [4.69, 9.17) is 10.00 Å². The highest BCUT2D eigenvalue weighted by Gasteiger charge is 2.34. The van der Waals surface area contributed by atoms with E-state index in [1.807, 2.05) is 11.2 Å². The Kier molecular flexibility index (Phi) is 4.44. The topological polar surface area (TPSA) is 77.7 Å². The Bertz CT molecular complexity index is 389. The molecule has 0 spiro atoms. The summed E-state index contributed by atoms with van der Waals surface area (Å²) in [7, 11) is 0. The molecule has 0 aromatic rings. The van der Waals surface area contributed by atoms with Gasteiger partial charge in [-0.3, -0.25) is 4.79 Å². The number of nitrogens with one attached hydrogen (secondary N) is 1. The zero-order valence-electron chi connectivity index (χ0n) is 10.3. The first-order chi connectivity index (χ1) is 8.76. The van der Waals surface area contributed by atoms with E-state index in [1.165, 1.54) is 11.8 Å². The molecule has 1 N–H and O–H groups in total. The van der Waals surface area contributed by atoms with Crippen LogP contribution >= 0.6 is 11.8 Å². The van der Waals surface area contributed by atoms with Crippen LogP contribution in [0.15, 0.2) is 4.99 Å². The van der Waals surface area contributed by atoms with Gasteiger partial charge in [-0.05, 0) is 19.1 Å². The largest absolute Gasteiger partial charge is 0.377 e. The zero-order chi connectivity index (χ0) is 13.0. The fraction of sp³-hybridized carbons (Fsp3) is 0.727. The van der Waals surface area contributed by atoms with Crippen molar-refractivity contribution in [3.63, 3.8) is 0 Å². The highest BCUT2D eigenvalue weighted by atomic mass is 32.2. The van der Waals surface area contributed by atoms with Gasteiger partial charge in [0.2, 0.25) is 12.1 Å². The van der Waals surface area contributed by atoms with Crippen LogP contribution in [0.5, 0.6) is 0 Å². The number of aliphatic imine (C=N–C) groups is 1. The van der Waals surface area contributed by atoms with Crippen LogP contribution in [0.3, 0.4) is 0 Å². The van der Waals surface area contributed by atoms with Crippen molar-refractivity contribution in [3.05, 3.63) is 0 Å². The van der Waals surface area contributed by atoms with Gasteiger partial charge < -0.3 is 15.0 Å². The third-order valence-electron chi connectivity index (χ3n) is 2.93. The van der Waals surface area contributed by atoms with Crippen molar-refractivity contribution < 1.29 is 9.53 Å². The Balaban J connectivity index is 2.06. The first-order valence-corrected chi connectivity index (χ1v) is 7.14. The van der Waals surface area contributed by atoms with E-state index >= 15 is 0 Å². The van der Waals surface area contributed by atoms with Crippen molar-refractivity contribution in [1.82, 2.24) is 10.2 Å². The summed E-state index contributed by atoms with van der Waals surface area (Å²) in [5.41, 5.74) is 0. The van der Waals surface area contributed by atoms with Gasteiger partial charge >= 0.3 is 0 Å². The number of amidine groups is 1. The number of carbonyl (C=O) groups excluding carboxylic acids is 1. The van der Waals surface area contributed by atoms with Crippen LogP contribution in [-0.2, 0) is 9.53 Å². The number of nitrogens with zero attached hydrogens (tertiary/aromatic N) is 3. The number of thioether (sulfide) groups is 1. The van der Waals surface area contributed by atoms with E-state index < -0.39 is 0 Å². The van der Waals surface area contributed by atoms with Gasteiger partial charge in [-0.15, -0.1) is 4.99 Å². The molecular formula is C11H16N4O2S. The molecule has 2 fully saturated rings. The average Bonchev–Trinajstić information content (AvgIpc) is 3.20. The van der Waals surface area contributed by atoms with E-state index in [1.54, 1.807) is 6.19 Å². The van der Waals surface area contributed by atoms with Crippen LogP contribution in [0.2, 0.25) is 0 Å². The number of amides is 1. The van der Waals surface area contributed by atoms with Gasteiger partial charge in [0.15, 0.2) is 5.17 Å². The number of morpholine rings is 1. The maximum Gasteiger partial charge on any atom is 0.245 e. The van der Waals surface area contributed by atoms with Gasteiger partial charge in [-0.1, -0.05) is 11.8 Å². The second-order valence-electron chi connectivity index (χ2n) is 4.27. The lowest BCUT2D eigenvalue weighted by molar-refractivity contribution is -0.129. The van der Waals surface area contributed by atoms with Gasteiger partial charge in [-0.2, -0.15) is 5.26 Å². The molecule has 0 bridgehead atoms. The minimum atomic E-state index is -0.376. The van der Waals surface area contributed by atoms with Crippen LogP contribution in [-0.4, -0.2) is 54.1 Å². The quantitative estimate of drug-likeness (QED) is 0.439. The van der Waals surface area contributed by atoms with Crippen LogP contribution < -0.4 is 5.32 Å². The molecule has 1 saturated heterocycles. The molecule has 0 aromatic heterocycles. The van der Waals surface area contributed by atoms with Crippen molar-refractivity contribution in [2.75, 3.05) is 26.0 Å². The third-order valence-corrected chi connectivity index (χ3v) is 3.62. The second-order valence-corrected chi connectivity index (χ2v) is 5.04. The molecule has 1 heterocycles. The summed E-state index contributed by atoms with van der Waals surface area (Å²) < 4.78 is 5.36. The predicted octanol–water partition coefficient (Wildman–Crippen LogP) is 0.166. The minimum Gasteiger partial charge on any atom is -0.377 e. The number of nitriles is 1. The molecule has 1 unspecified atom stereocenters. The first kappa shape index (κ1) is 13.2. The summed E-state index contributed by atoms with van der Waals surface area (Å²) in [6, 6.07) is -0.0502. The fourth-order valence-electron chi connectivity index (χ4n) is 1.84. The Morgan fingerprint density at radius 2 is 2.39 bits per heavy atom. The smallest absolute Gasteiger partial charge is 0.245 e. The van der Waals surface area contributed by atoms with Gasteiger partial charge in [0.05, 0.1) is 13.2 Å². The van der Waals surface area contributed by atoms with E-state index in [0.29, 0.717) is 31.0 Å². The molecule has 98 valence electrons. The molecule has 0 aromatic carbocycles. The summed E-state index contributed by atoms with van der Waals surface area (Å²) in [5.74, 6) is -0.0307. The maximum absolute atomic E-state index is 12.1. The van der Waals surface area contributed by atoms with Crippen molar-refractivity contribution in [2.45, 2.75) is 24.9 Å². The summed E-state index contributed by atoms with van der Waals surface area (Å²) in [4.78, 5) is 17.7. The third kappa shape index (κ3) is 3.15. The Hall–Kier alpha value is -1.26. The molecule has 18 heavy (non-hydrogen) atoms. The minimum absolute atomic E-state index is 0.0307. The summed E-state index contributed by atoms with van der Waals surface area (Å²) in [5, 5.41) is 12.2. The predicted molar refractivity (Wildman–Crippen MR) is 69.0 cm³/mol. The SMILES string of the molecule is CSC(=NC#N)N1CCOCC1C(=O)NC1CC1. The van der Waals surface area contributed by atoms with Crippen LogP contribution in [0.1, 0.15) is 12.8 Å². The molecule has 2 rings (SSSR count).